The van der Waals surface area contributed by atoms with Crippen LogP contribution >= 0.6 is 0 Å². The molecule has 0 amide bonds. The first-order valence-corrected chi connectivity index (χ1v) is 8.59. The summed E-state index contributed by atoms with van der Waals surface area (Å²) in [5.74, 6) is 1.38. The van der Waals surface area contributed by atoms with Crippen LogP contribution < -0.4 is 0 Å². The molecular weight excluding hydrogens is 302 g/mol. The largest absolute Gasteiger partial charge is 0.468 e. The maximum atomic E-state index is 10.3. The van der Waals surface area contributed by atoms with E-state index in [1.165, 1.54) is 11.1 Å². The quantitative estimate of drug-likeness (QED) is 0.722. The van der Waals surface area contributed by atoms with Crippen LogP contribution in [0.3, 0.4) is 0 Å². The maximum absolute atomic E-state index is 10.3. The van der Waals surface area contributed by atoms with Gasteiger partial charge in [-0.05, 0) is 30.5 Å². The molecule has 4 nitrogen and oxygen atoms in total. The molecule has 0 saturated heterocycles. The Bertz CT molecular complexity index is 580. The number of furan rings is 1. The van der Waals surface area contributed by atoms with Crippen molar-refractivity contribution in [3.05, 3.63) is 59.5 Å². The summed E-state index contributed by atoms with van der Waals surface area (Å²) in [4.78, 5) is 2.19. The van der Waals surface area contributed by atoms with Gasteiger partial charge in [-0.3, -0.25) is 4.90 Å². The van der Waals surface area contributed by atoms with E-state index in [1.54, 1.807) is 6.26 Å². The monoisotopic (exact) mass is 331 g/mol. The highest BCUT2D eigenvalue weighted by Crippen LogP contribution is 2.13. The lowest BCUT2D eigenvalue weighted by Crippen LogP contribution is -2.34. The molecule has 0 aliphatic carbocycles. The summed E-state index contributed by atoms with van der Waals surface area (Å²) in [6.45, 7) is 9.32. The Hall–Kier alpha value is -1.62. The van der Waals surface area contributed by atoms with Crippen molar-refractivity contribution in [2.45, 2.75) is 40.0 Å². The van der Waals surface area contributed by atoms with Crippen molar-refractivity contribution in [3.63, 3.8) is 0 Å². The molecule has 1 heterocycles. The molecule has 24 heavy (non-hydrogen) atoms. The molecule has 0 aliphatic rings. The zero-order valence-corrected chi connectivity index (χ0v) is 14.9. The lowest BCUT2D eigenvalue weighted by atomic mass is 10.1. The van der Waals surface area contributed by atoms with Crippen molar-refractivity contribution in [2.24, 2.45) is 5.92 Å². The fraction of sp³-hybridized carbons (Fsp3) is 0.500. The Morgan fingerprint density at radius 2 is 1.96 bits per heavy atom. The van der Waals surface area contributed by atoms with Crippen molar-refractivity contribution in [3.8, 4) is 0 Å². The van der Waals surface area contributed by atoms with E-state index >= 15 is 0 Å². The highest BCUT2D eigenvalue weighted by Gasteiger charge is 2.15. The van der Waals surface area contributed by atoms with Crippen molar-refractivity contribution in [1.82, 2.24) is 4.90 Å². The van der Waals surface area contributed by atoms with Gasteiger partial charge in [0.05, 0.1) is 25.5 Å². The predicted octanol–water partition coefficient (Wildman–Crippen LogP) is 3.62. The zero-order chi connectivity index (χ0) is 17.4. The third-order valence-corrected chi connectivity index (χ3v) is 3.68. The summed E-state index contributed by atoms with van der Waals surface area (Å²) in [5.41, 5.74) is 2.48. The fourth-order valence-electron chi connectivity index (χ4n) is 2.67. The summed E-state index contributed by atoms with van der Waals surface area (Å²) in [6, 6.07) is 12.3. The van der Waals surface area contributed by atoms with Crippen LogP contribution in [0, 0.1) is 12.8 Å². The number of aliphatic hydroxyl groups excluding tert-OH is 1. The first-order valence-electron chi connectivity index (χ1n) is 8.59. The van der Waals surface area contributed by atoms with Crippen LogP contribution in [-0.2, 0) is 17.8 Å². The number of hydrogen-bond acceptors (Lipinski definition) is 4. The standard InChI is InChI=1S/C20H29NO3/c1-16(2)14-23-15-19(22)12-21(13-20-8-5-9-24-20)11-18-7-4-6-17(3)10-18/h4-10,16,19,22H,11-15H2,1-3H3. The second-order valence-corrected chi connectivity index (χ2v) is 6.82. The molecule has 1 N–H and O–H groups in total. The van der Waals surface area contributed by atoms with Gasteiger partial charge in [0.2, 0.25) is 0 Å². The Labute approximate surface area is 145 Å². The molecule has 1 aromatic carbocycles. The third kappa shape index (κ3) is 6.87. The van der Waals surface area contributed by atoms with E-state index in [1.807, 2.05) is 12.1 Å². The van der Waals surface area contributed by atoms with Crippen LogP contribution in [0.2, 0.25) is 0 Å². The minimum Gasteiger partial charge on any atom is -0.468 e. The smallest absolute Gasteiger partial charge is 0.117 e. The van der Waals surface area contributed by atoms with E-state index in [4.69, 9.17) is 9.15 Å². The van der Waals surface area contributed by atoms with Gasteiger partial charge >= 0.3 is 0 Å². The molecule has 0 aliphatic heterocycles. The van der Waals surface area contributed by atoms with E-state index in [0.717, 1.165) is 12.3 Å². The SMILES string of the molecule is Cc1cccc(CN(Cc2ccco2)CC(O)COCC(C)C)c1. The van der Waals surface area contributed by atoms with Gasteiger partial charge < -0.3 is 14.3 Å². The Morgan fingerprint density at radius 3 is 2.62 bits per heavy atom. The number of hydrogen-bond donors (Lipinski definition) is 1. The summed E-state index contributed by atoms with van der Waals surface area (Å²) in [5, 5.41) is 10.3. The molecule has 132 valence electrons. The summed E-state index contributed by atoms with van der Waals surface area (Å²) in [7, 11) is 0. The molecule has 4 heteroatoms. The number of benzene rings is 1. The second kappa shape index (κ2) is 9.62. The van der Waals surface area contributed by atoms with Crippen LogP contribution in [0.5, 0.6) is 0 Å². The molecule has 0 spiro atoms. The second-order valence-electron chi connectivity index (χ2n) is 6.82. The van der Waals surface area contributed by atoms with E-state index in [2.05, 4.69) is 49.9 Å². The van der Waals surface area contributed by atoms with Crippen LogP contribution in [0.25, 0.3) is 0 Å². The first kappa shape index (κ1) is 18.7. The number of aliphatic hydroxyl groups is 1. The molecule has 0 fully saturated rings. The summed E-state index contributed by atoms with van der Waals surface area (Å²) < 4.78 is 11.0. The van der Waals surface area contributed by atoms with Gasteiger partial charge in [0, 0.05) is 19.7 Å². The lowest BCUT2D eigenvalue weighted by Gasteiger charge is -2.24. The van der Waals surface area contributed by atoms with E-state index in [-0.39, 0.29) is 0 Å². The molecule has 1 unspecified atom stereocenters. The average molecular weight is 331 g/mol. The molecule has 2 aromatic rings. The highest BCUT2D eigenvalue weighted by molar-refractivity contribution is 5.22. The topological polar surface area (TPSA) is 45.8 Å². The van der Waals surface area contributed by atoms with Crippen LogP contribution in [-0.4, -0.2) is 35.9 Å². The van der Waals surface area contributed by atoms with Gasteiger partial charge in [0.25, 0.3) is 0 Å². The summed E-state index contributed by atoms with van der Waals surface area (Å²) in [6.07, 6.45) is 1.17. The van der Waals surface area contributed by atoms with Gasteiger partial charge in [-0.25, -0.2) is 0 Å². The van der Waals surface area contributed by atoms with Gasteiger partial charge in [-0.2, -0.15) is 0 Å². The maximum Gasteiger partial charge on any atom is 0.117 e. The number of rotatable bonds is 10. The molecular formula is C20H29NO3. The minimum atomic E-state index is -0.511. The van der Waals surface area contributed by atoms with Crippen molar-refractivity contribution in [1.29, 1.82) is 0 Å². The van der Waals surface area contributed by atoms with Gasteiger partial charge in [-0.1, -0.05) is 43.7 Å². The minimum absolute atomic E-state index is 0.362. The molecule has 2 rings (SSSR count). The van der Waals surface area contributed by atoms with Crippen LogP contribution in [0.15, 0.2) is 47.1 Å². The third-order valence-electron chi connectivity index (χ3n) is 3.68. The van der Waals surface area contributed by atoms with E-state index in [0.29, 0.717) is 32.2 Å². The zero-order valence-electron chi connectivity index (χ0n) is 14.9. The average Bonchev–Trinajstić information content (AvgIpc) is 2.99. The Morgan fingerprint density at radius 1 is 1.12 bits per heavy atom. The van der Waals surface area contributed by atoms with E-state index in [9.17, 15) is 5.11 Å². The number of ether oxygens (including phenoxy) is 1. The van der Waals surface area contributed by atoms with Gasteiger partial charge in [0.1, 0.15) is 5.76 Å². The Kier molecular flexibility index (Phi) is 7.50. The molecule has 1 atom stereocenters. The highest BCUT2D eigenvalue weighted by atomic mass is 16.5. The molecule has 0 bridgehead atoms. The van der Waals surface area contributed by atoms with Crippen molar-refractivity contribution < 1.29 is 14.3 Å². The van der Waals surface area contributed by atoms with E-state index < -0.39 is 6.10 Å². The molecule has 1 aromatic heterocycles. The van der Waals surface area contributed by atoms with Gasteiger partial charge in [0.15, 0.2) is 0 Å². The van der Waals surface area contributed by atoms with Crippen molar-refractivity contribution in [2.75, 3.05) is 19.8 Å². The van der Waals surface area contributed by atoms with Gasteiger partial charge in [-0.15, -0.1) is 0 Å². The number of nitrogens with zero attached hydrogens (tertiary/aromatic N) is 1. The predicted molar refractivity (Wildman–Crippen MR) is 95.7 cm³/mol. The fourth-order valence-corrected chi connectivity index (χ4v) is 2.67. The molecule has 0 radical (unpaired) electrons. The molecule has 0 saturated carbocycles. The van der Waals surface area contributed by atoms with Crippen LogP contribution in [0.1, 0.15) is 30.7 Å². The normalized spacial score (nSPS) is 12.9. The summed E-state index contributed by atoms with van der Waals surface area (Å²) >= 11 is 0. The first-order chi connectivity index (χ1) is 11.5. The van der Waals surface area contributed by atoms with Crippen LogP contribution in [0.4, 0.5) is 0 Å². The lowest BCUT2D eigenvalue weighted by molar-refractivity contribution is 0.00460. The van der Waals surface area contributed by atoms with Crippen molar-refractivity contribution >= 4 is 0 Å². The Balaban J connectivity index is 1.94. The number of aryl methyl sites for hydroxylation is 1.